The van der Waals surface area contributed by atoms with Gasteiger partial charge < -0.3 is 11.1 Å². The average Bonchev–Trinajstić information content (AvgIpc) is 2.71. The van der Waals surface area contributed by atoms with Crippen LogP contribution in [0.15, 0.2) is 53.4 Å². The molecule has 2 aromatic rings. The van der Waals surface area contributed by atoms with Gasteiger partial charge in [0.2, 0.25) is 5.91 Å². The number of benzene rings is 2. The maximum atomic E-state index is 12.1. The third-order valence-electron chi connectivity index (χ3n) is 3.50. The fourth-order valence-corrected chi connectivity index (χ4v) is 4.27. The summed E-state index contributed by atoms with van der Waals surface area (Å²) in [5.74, 6) is -0.509. The number of sulfone groups is 1. The van der Waals surface area contributed by atoms with Gasteiger partial charge in [-0.2, -0.15) is 0 Å². The van der Waals surface area contributed by atoms with Gasteiger partial charge in [0.05, 0.1) is 16.7 Å². The van der Waals surface area contributed by atoms with Crippen LogP contribution in [0.1, 0.15) is 22.0 Å². The van der Waals surface area contributed by atoms with Crippen molar-refractivity contribution in [2.45, 2.75) is 10.9 Å². The highest BCUT2D eigenvalue weighted by Gasteiger charge is 2.34. The molecule has 1 unspecified atom stereocenters. The number of carbonyl (C=O) groups excluding carboxylic acids is 1. The molecule has 0 aliphatic carbocycles. The number of anilines is 1. The van der Waals surface area contributed by atoms with E-state index in [1.807, 2.05) is 6.07 Å². The summed E-state index contributed by atoms with van der Waals surface area (Å²) in [7, 11) is -3.26. The van der Waals surface area contributed by atoms with Crippen molar-refractivity contribution in [1.29, 1.82) is 0 Å². The molecule has 1 aliphatic rings. The lowest BCUT2D eigenvalue weighted by molar-refractivity contribution is 0.100. The molecule has 0 fully saturated rings. The Balaban J connectivity index is 1.94. The Morgan fingerprint density at radius 3 is 2.67 bits per heavy atom. The maximum absolute atomic E-state index is 12.1. The van der Waals surface area contributed by atoms with E-state index in [2.05, 4.69) is 5.32 Å². The first-order chi connectivity index (χ1) is 9.97. The molecule has 0 spiro atoms. The third-order valence-corrected chi connectivity index (χ3v) is 5.32. The summed E-state index contributed by atoms with van der Waals surface area (Å²) < 4.78 is 24.2. The average molecular weight is 302 g/mol. The number of fused-ring (bicyclic) bond motifs is 1. The molecule has 5 nitrogen and oxygen atoms in total. The molecule has 2 aromatic carbocycles. The van der Waals surface area contributed by atoms with Crippen LogP contribution in [-0.2, 0) is 9.84 Å². The summed E-state index contributed by atoms with van der Waals surface area (Å²) in [6, 6.07) is 13.3. The van der Waals surface area contributed by atoms with E-state index in [0.29, 0.717) is 16.1 Å². The Hall–Kier alpha value is -2.34. The largest absolute Gasteiger partial charge is 0.377 e. The predicted molar refractivity (Wildman–Crippen MR) is 79.8 cm³/mol. The molecule has 6 heteroatoms. The molecular weight excluding hydrogens is 288 g/mol. The summed E-state index contributed by atoms with van der Waals surface area (Å²) in [5.41, 5.74) is 7.05. The van der Waals surface area contributed by atoms with E-state index >= 15 is 0 Å². The molecule has 1 atom stereocenters. The second-order valence-corrected chi connectivity index (χ2v) is 6.96. The summed E-state index contributed by atoms with van der Waals surface area (Å²) in [4.78, 5) is 11.6. The fraction of sp³-hybridized carbons (Fsp3) is 0.133. The van der Waals surface area contributed by atoms with Crippen molar-refractivity contribution in [3.05, 3.63) is 59.7 Å². The first-order valence-electron chi connectivity index (χ1n) is 6.45. The van der Waals surface area contributed by atoms with E-state index in [1.165, 1.54) is 0 Å². The van der Waals surface area contributed by atoms with Crippen LogP contribution in [0.3, 0.4) is 0 Å². The highest BCUT2D eigenvalue weighted by Crippen LogP contribution is 2.35. The zero-order valence-electron chi connectivity index (χ0n) is 11.1. The second kappa shape index (κ2) is 4.89. The number of primary amides is 1. The van der Waals surface area contributed by atoms with Crippen molar-refractivity contribution in [2.24, 2.45) is 5.73 Å². The standard InChI is InChI=1S/C15H14N2O3S/c16-15(18)10-4-3-5-11(8-10)17-13-9-21(19,20)14-7-2-1-6-12(13)14/h1-8,13,17H,9H2,(H2,16,18). The van der Waals surface area contributed by atoms with E-state index < -0.39 is 15.7 Å². The van der Waals surface area contributed by atoms with Gasteiger partial charge in [-0.1, -0.05) is 24.3 Å². The van der Waals surface area contributed by atoms with Gasteiger partial charge in [0, 0.05) is 11.3 Å². The minimum atomic E-state index is -3.26. The Kier molecular flexibility index (Phi) is 3.17. The lowest BCUT2D eigenvalue weighted by atomic mass is 10.1. The van der Waals surface area contributed by atoms with E-state index in [-0.39, 0.29) is 11.8 Å². The molecule has 0 radical (unpaired) electrons. The predicted octanol–water partition coefficient (Wildman–Crippen LogP) is 1.73. The summed E-state index contributed by atoms with van der Waals surface area (Å²) >= 11 is 0. The van der Waals surface area contributed by atoms with Gasteiger partial charge in [-0.15, -0.1) is 0 Å². The van der Waals surface area contributed by atoms with Gasteiger partial charge in [-0.05, 0) is 29.8 Å². The topological polar surface area (TPSA) is 89.3 Å². The van der Waals surface area contributed by atoms with Crippen molar-refractivity contribution in [3.8, 4) is 0 Å². The van der Waals surface area contributed by atoms with Crippen LogP contribution in [0.5, 0.6) is 0 Å². The maximum Gasteiger partial charge on any atom is 0.248 e. The number of hydrogen-bond donors (Lipinski definition) is 2. The molecule has 0 aromatic heterocycles. The molecule has 1 amide bonds. The molecule has 21 heavy (non-hydrogen) atoms. The summed E-state index contributed by atoms with van der Waals surface area (Å²) in [6.45, 7) is 0. The number of rotatable bonds is 3. The lowest BCUT2D eigenvalue weighted by Crippen LogP contribution is -2.14. The molecule has 3 rings (SSSR count). The van der Waals surface area contributed by atoms with Crippen molar-refractivity contribution < 1.29 is 13.2 Å². The van der Waals surface area contributed by atoms with Gasteiger partial charge in [0.15, 0.2) is 9.84 Å². The van der Waals surface area contributed by atoms with E-state index in [4.69, 9.17) is 5.73 Å². The van der Waals surface area contributed by atoms with Crippen LogP contribution in [0.2, 0.25) is 0 Å². The lowest BCUT2D eigenvalue weighted by Gasteiger charge is -2.14. The first-order valence-corrected chi connectivity index (χ1v) is 8.11. The number of nitrogens with two attached hydrogens (primary N) is 1. The number of hydrogen-bond acceptors (Lipinski definition) is 4. The molecule has 1 heterocycles. The van der Waals surface area contributed by atoms with Crippen molar-refractivity contribution in [1.82, 2.24) is 0 Å². The Labute approximate surface area is 122 Å². The van der Waals surface area contributed by atoms with Gasteiger partial charge in [-0.3, -0.25) is 4.79 Å². The number of nitrogens with one attached hydrogen (secondary N) is 1. The summed E-state index contributed by atoms with van der Waals surface area (Å²) in [6.07, 6.45) is 0. The molecule has 0 bridgehead atoms. The minimum Gasteiger partial charge on any atom is -0.377 e. The normalized spacial score (nSPS) is 19.0. The van der Waals surface area contributed by atoms with Crippen LogP contribution >= 0.6 is 0 Å². The van der Waals surface area contributed by atoms with E-state index in [1.54, 1.807) is 42.5 Å². The summed E-state index contributed by atoms with van der Waals surface area (Å²) in [5, 5.41) is 3.16. The van der Waals surface area contributed by atoms with Crippen LogP contribution in [0, 0.1) is 0 Å². The Morgan fingerprint density at radius 1 is 1.14 bits per heavy atom. The highest BCUT2D eigenvalue weighted by atomic mass is 32.2. The fourth-order valence-electron chi connectivity index (χ4n) is 2.53. The Bertz CT molecular complexity index is 815. The van der Waals surface area contributed by atoms with Gasteiger partial charge in [0.1, 0.15) is 0 Å². The molecule has 3 N–H and O–H groups in total. The van der Waals surface area contributed by atoms with Gasteiger partial charge >= 0.3 is 0 Å². The smallest absolute Gasteiger partial charge is 0.248 e. The molecule has 1 aliphatic heterocycles. The SMILES string of the molecule is NC(=O)c1cccc(NC2CS(=O)(=O)c3ccccc32)c1. The van der Waals surface area contributed by atoms with Crippen LogP contribution in [0.4, 0.5) is 5.69 Å². The molecule has 108 valence electrons. The zero-order chi connectivity index (χ0) is 15.0. The van der Waals surface area contributed by atoms with Crippen LogP contribution in [-0.4, -0.2) is 20.1 Å². The van der Waals surface area contributed by atoms with Crippen LogP contribution in [0.25, 0.3) is 0 Å². The molecule has 0 saturated carbocycles. The van der Waals surface area contributed by atoms with Crippen molar-refractivity contribution >= 4 is 21.4 Å². The number of amides is 1. The van der Waals surface area contributed by atoms with Gasteiger partial charge in [-0.25, -0.2) is 8.42 Å². The zero-order valence-corrected chi connectivity index (χ0v) is 11.9. The Morgan fingerprint density at radius 2 is 1.90 bits per heavy atom. The minimum absolute atomic E-state index is 0.00709. The highest BCUT2D eigenvalue weighted by molar-refractivity contribution is 7.91. The molecular formula is C15H14N2O3S. The van der Waals surface area contributed by atoms with Crippen molar-refractivity contribution in [2.75, 3.05) is 11.1 Å². The van der Waals surface area contributed by atoms with Crippen LogP contribution < -0.4 is 11.1 Å². The van der Waals surface area contributed by atoms with Crippen molar-refractivity contribution in [3.63, 3.8) is 0 Å². The quantitative estimate of drug-likeness (QED) is 0.903. The first kappa shape index (κ1) is 13.6. The van der Waals surface area contributed by atoms with Gasteiger partial charge in [0.25, 0.3) is 0 Å². The number of carbonyl (C=O) groups is 1. The monoisotopic (exact) mass is 302 g/mol. The third kappa shape index (κ3) is 2.50. The van der Waals surface area contributed by atoms with E-state index in [0.717, 1.165) is 5.56 Å². The second-order valence-electron chi connectivity index (χ2n) is 4.96. The van der Waals surface area contributed by atoms with E-state index in [9.17, 15) is 13.2 Å². The molecule has 0 saturated heterocycles.